The van der Waals surface area contributed by atoms with E-state index >= 15 is 0 Å². The first-order valence-electron chi connectivity index (χ1n) is 5.99. The van der Waals surface area contributed by atoms with Crippen LogP contribution in [0.4, 0.5) is 15.8 Å². The molecule has 18 heavy (non-hydrogen) atoms. The average molecular weight is 306 g/mol. The van der Waals surface area contributed by atoms with Crippen LogP contribution in [-0.4, -0.2) is 6.54 Å². The second-order valence-electron chi connectivity index (χ2n) is 4.45. The Balaban J connectivity index is 2.02. The topological polar surface area (TPSA) is 3.24 Å². The number of anilines is 2. The van der Waals surface area contributed by atoms with Gasteiger partial charge in [0.15, 0.2) is 0 Å². The summed E-state index contributed by atoms with van der Waals surface area (Å²) in [5.41, 5.74) is 4.05. The highest BCUT2D eigenvalue weighted by molar-refractivity contribution is 9.08. The summed E-state index contributed by atoms with van der Waals surface area (Å²) in [6, 6.07) is 13.6. The number of alkyl halides is 1. The van der Waals surface area contributed by atoms with E-state index in [0.717, 1.165) is 24.2 Å². The van der Waals surface area contributed by atoms with Crippen LogP contribution < -0.4 is 4.90 Å². The van der Waals surface area contributed by atoms with Crippen molar-refractivity contribution in [2.24, 2.45) is 0 Å². The summed E-state index contributed by atoms with van der Waals surface area (Å²) in [7, 11) is 0. The lowest BCUT2D eigenvalue weighted by Crippen LogP contribution is -2.14. The molecule has 92 valence electrons. The van der Waals surface area contributed by atoms with Gasteiger partial charge in [-0.05, 0) is 35.7 Å². The van der Waals surface area contributed by atoms with Gasteiger partial charge in [0.1, 0.15) is 5.82 Å². The maximum Gasteiger partial charge on any atom is 0.147 e. The number of hydrogen-bond acceptors (Lipinski definition) is 1. The van der Waals surface area contributed by atoms with Crippen molar-refractivity contribution in [2.75, 3.05) is 11.4 Å². The van der Waals surface area contributed by atoms with Crippen LogP contribution in [0.2, 0.25) is 0 Å². The predicted octanol–water partition coefficient (Wildman–Crippen LogP) is 4.41. The molecule has 1 nitrogen and oxygen atoms in total. The van der Waals surface area contributed by atoms with Gasteiger partial charge in [0.05, 0.1) is 5.69 Å². The van der Waals surface area contributed by atoms with E-state index in [-0.39, 0.29) is 5.82 Å². The molecule has 0 N–H and O–H groups in total. The van der Waals surface area contributed by atoms with Crippen molar-refractivity contribution in [1.82, 2.24) is 0 Å². The summed E-state index contributed by atoms with van der Waals surface area (Å²) in [6.45, 7) is 0.851. The van der Waals surface area contributed by atoms with Crippen LogP contribution in [0.25, 0.3) is 0 Å². The highest BCUT2D eigenvalue weighted by atomic mass is 79.9. The molecule has 0 saturated heterocycles. The lowest BCUT2D eigenvalue weighted by Gasteiger charge is -2.20. The predicted molar refractivity (Wildman–Crippen MR) is 76.2 cm³/mol. The zero-order valence-corrected chi connectivity index (χ0v) is 11.5. The molecular formula is C15H13BrFN. The Morgan fingerprint density at radius 2 is 1.94 bits per heavy atom. The molecule has 2 aromatic carbocycles. The van der Waals surface area contributed by atoms with Crippen LogP contribution in [0.5, 0.6) is 0 Å². The van der Waals surface area contributed by atoms with Gasteiger partial charge in [0.25, 0.3) is 0 Å². The van der Waals surface area contributed by atoms with Crippen LogP contribution >= 0.6 is 15.9 Å². The third kappa shape index (κ3) is 1.93. The molecule has 1 aliphatic heterocycles. The second kappa shape index (κ2) is 4.73. The van der Waals surface area contributed by atoms with E-state index in [1.54, 1.807) is 6.07 Å². The Hall–Kier alpha value is -1.35. The van der Waals surface area contributed by atoms with Crippen molar-refractivity contribution in [2.45, 2.75) is 11.8 Å². The summed E-state index contributed by atoms with van der Waals surface area (Å²) in [4.78, 5) is 2.06. The summed E-state index contributed by atoms with van der Waals surface area (Å²) in [6.07, 6.45) is 0.982. The first kappa shape index (κ1) is 11.7. The average Bonchev–Trinajstić information content (AvgIpc) is 2.82. The Labute approximate surface area is 114 Å². The molecule has 0 saturated carbocycles. The highest BCUT2D eigenvalue weighted by Gasteiger charge is 2.21. The van der Waals surface area contributed by atoms with E-state index in [1.165, 1.54) is 5.56 Å². The van der Waals surface area contributed by atoms with Gasteiger partial charge in [-0.15, -0.1) is 0 Å². The SMILES string of the molecule is Fc1cc(CBr)ccc1N1CCc2ccccc21. The van der Waals surface area contributed by atoms with Crippen molar-refractivity contribution in [3.8, 4) is 0 Å². The molecule has 1 aliphatic rings. The highest BCUT2D eigenvalue weighted by Crippen LogP contribution is 2.35. The molecule has 2 aromatic rings. The van der Waals surface area contributed by atoms with E-state index in [2.05, 4.69) is 33.0 Å². The van der Waals surface area contributed by atoms with Crippen LogP contribution in [0.3, 0.4) is 0 Å². The zero-order chi connectivity index (χ0) is 12.5. The van der Waals surface area contributed by atoms with E-state index in [9.17, 15) is 4.39 Å². The summed E-state index contributed by atoms with van der Waals surface area (Å²) >= 11 is 3.35. The molecule has 0 unspecified atom stereocenters. The Kier molecular flexibility index (Phi) is 3.08. The molecule has 0 fully saturated rings. The van der Waals surface area contributed by atoms with Gasteiger partial charge in [-0.25, -0.2) is 4.39 Å². The number of nitrogens with zero attached hydrogens (tertiary/aromatic N) is 1. The Bertz CT molecular complexity index is 582. The molecule has 1 heterocycles. The van der Waals surface area contributed by atoms with Crippen LogP contribution in [0.15, 0.2) is 42.5 Å². The standard InChI is InChI=1S/C15H13BrFN/c16-10-11-5-6-15(13(17)9-11)18-8-7-12-3-1-2-4-14(12)18/h1-6,9H,7-8,10H2. The zero-order valence-electron chi connectivity index (χ0n) is 9.87. The van der Waals surface area contributed by atoms with Crippen LogP contribution in [0, 0.1) is 5.82 Å². The van der Waals surface area contributed by atoms with Crippen molar-refractivity contribution in [1.29, 1.82) is 0 Å². The minimum absolute atomic E-state index is 0.149. The van der Waals surface area contributed by atoms with Gasteiger partial charge < -0.3 is 4.90 Å². The van der Waals surface area contributed by atoms with Crippen LogP contribution in [-0.2, 0) is 11.8 Å². The summed E-state index contributed by atoms with van der Waals surface area (Å²) in [5.74, 6) is -0.149. The third-order valence-corrected chi connectivity index (χ3v) is 3.99. The molecule has 3 rings (SSSR count). The van der Waals surface area contributed by atoms with Gasteiger partial charge in [-0.3, -0.25) is 0 Å². The van der Waals surface area contributed by atoms with Crippen LogP contribution in [0.1, 0.15) is 11.1 Å². The monoisotopic (exact) mass is 305 g/mol. The Morgan fingerprint density at radius 1 is 1.11 bits per heavy atom. The van der Waals surface area contributed by atoms with Gasteiger partial charge in [-0.2, -0.15) is 0 Å². The van der Waals surface area contributed by atoms with Crippen molar-refractivity contribution in [3.05, 3.63) is 59.4 Å². The van der Waals surface area contributed by atoms with Gasteiger partial charge in [0.2, 0.25) is 0 Å². The van der Waals surface area contributed by atoms with E-state index in [4.69, 9.17) is 0 Å². The van der Waals surface area contributed by atoms with Gasteiger partial charge >= 0.3 is 0 Å². The minimum atomic E-state index is -0.149. The fourth-order valence-electron chi connectivity index (χ4n) is 2.44. The molecule has 0 atom stereocenters. The quantitative estimate of drug-likeness (QED) is 0.743. The normalized spacial score (nSPS) is 13.8. The van der Waals surface area contributed by atoms with Gasteiger partial charge in [0, 0.05) is 17.6 Å². The number of fused-ring (bicyclic) bond motifs is 1. The molecule has 0 aromatic heterocycles. The molecule has 0 bridgehead atoms. The third-order valence-electron chi connectivity index (χ3n) is 3.34. The van der Waals surface area contributed by atoms with E-state index in [0.29, 0.717) is 11.0 Å². The largest absolute Gasteiger partial charge is 0.339 e. The maximum atomic E-state index is 14.1. The molecular weight excluding hydrogens is 293 g/mol. The Morgan fingerprint density at radius 3 is 2.72 bits per heavy atom. The van der Waals surface area contributed by atoms with Crippen molar-refractivity contribution < 1.29 is 4.39 Å². The smallest absolute Gasteiger partial charge is 0.147 e. The van der Waals surface area contributed by atoms with E-state index < -0.39 is 0 Å². The van der Waals surface area contributed by atoms with Crippen molar-refractivity contribution >= 4 is 27.3 Å². The number of halogens is 2. The molecule has 0 spiro atoms. The number of para-hydroxylation sites is 1. The number of benzene rings is 2. The lowest BCUT2D eigenvalue weighted by atomic mass is 10.1. The summed E-state index contributed by atoms with van der Waals surface area (Å²) in [5, 5.41) is 0.681. The fraction of sp³-hybridized carbons (Fsp3) is 0.200. The molecule has 0 radical (unpaired) electrons. The lowest BCUT2D eigenvalue weighted by molar-refractivity contribution is 0.625. The summed E-state index contributed by atoms with van der Waals surface area (Å²) < 4.78 is 14.1. The van der Waals surface area contributed by atoms with Gasteiger partial charge in [-0.1, -0.05) is 40.2 Å². The fourth-order valence-corrected chi connectivity index (χ4v) is 2.79. The number of hydrogen-bond donors (Lipinski definition) is 0. The van der Waals surface area contributed by atoms with E-state index in [1.807, 2.05) is 24.3 Å². The first-order chi connectivity index (χ1) is 8.79. The molecule has 0 amide bonds. The van der Waals surface area contributed by atoms with Crippen molar-refractivity contribution in [3.63, 3.8) is 0 Å². The first-order valence-corrected chi connectivity index (χ1v) is 7.11. The minimum Gasteiger partial charge on any atom is -0.339 e. The molecule has 0 aliphatic carbocycles. The second-order valence-corrected chi connectivity index (χ2v) is 5.01. The number of rotatable bonds is 2. The molecule has 3 heteroatoms. The maximum absolute atomic E-state index is 14.1.